The van der Waals surface area contributed by atoms with Gasteiger partial charge in [0.2, 0.25) is 0 Å². The lowest BCUT2D eigenvalue weighted by atomic mass is 10.1. The Morgan fingerprint density at radius 3 is 2.69 bits per heavy atom. The lowest BCUT2D eigenvalue weighted by molar-refractivity contribution is -0.121. The van der Waals surface area contributed by atoms with Crippen LogP contribution in [0.4, 0.5) is 11.4 Å². The van der Waals surface area contributed by atoms with E-state index in [-0.39, 0.29) is 25.0 Å². The number of methoxy groups -OCH3 is 1. The summed E-state index contributed by atoms with van der Waals surface area (Å²) in [6, 6.07) is 19.2. The Kier molecular flexibility index (Phi) is 6.23. The van der Waals surface area contributed by atoms with Crippen molar-refractivity contribution in [3.8, 4) is 5.75 Å². The minimum atomic E-state index is -0.447. The molecule has 0 atom stereocenters. The summed E-state index contributed by atoms with van der Waals surface area (Å²) in [5, 5.41) is 2.86. The summed E-state index contributed by atoms with van der Waals surface area (Å²) >= 11 is 3.38. The molecule has 1 heterocycles. The zero-order valence-electron chi connectivity index (χ0n) is 17.1. The third-order valence-electron chi connectivity index (χ3n) is 4.97. The Bertz CT molecular complexity index is 1210. The summed E-state index contributed by atoms with van der Waals surface area (Å²) in [5.41, 5.74) is 2.72. The lowest BCUT2D eigenvalue weighted by Crippen LogP contribution is -2.38. The molecule has 1 aliphatic rings. The van der Waals surface area contributed by atoms with E-state index in [0.717, 1.165) is 5.56 Å². The summed E-state index contributed by atoms with van der Waals surface area (Å²) < 4.78 is 11.0. The smallest absolute Gasteiger partial charge is 0.337 e. The molecule has 3 aromatic rings. The van der Waals surface area contributed by atoms with Crippen LogP contribution in [0.15, 0.2) is 71.2 Å². The molecule has 8 heteroatoms. The fraction of sp³-hybridized carbons (Fsp3) is 0.125. The molecule has 7 nitrogen and oxygen atoms in total. The van der Waals surface area contributed by atoms with E-state index in [1.54, 1.807) is 59.5 Å². The van der Waals surface area contributed by atoms with Crippen molar-refractivity contribution < 1.29 is 23.9 Å². The van der Waals surface area contributed by atoms with Gasteiger partial charge in [-0.15, -0.1) is 0 Å². The number of carbonyl (C=O) groups is 3. The van der Waals surface area contributed by atoms with Crippen molar-refractivity contribution in [2.75, 3.05) is 23.9 Å². The normalized spacial score (nSPS) is 12.6. The zero-order chi connectivity index (χ0) is 22.7. The maximum atomic E-state index is 12.7. The lowest BCUT2D eigenvalue weighted by Gasteiger charge is -2.30. The van der Waals surface area contributed by atoms with Crippen LogP contribution >= 0.6 is 15.9 Å². The molecule has 0 aliphatic carbocycles. The highest BCUT2D eigenvalue weighted by Gasteiger charge is 2.26. The number of hydrogen-bond donors (Lipinski definition) is 1. The fourth-order valence-electron chi connectivity index (χ4n) is 3.39. The van der Waals surface area contributed by atoms with Crippen molar-refractivity contribution in [3.63, 3.8) is 0 Å². The quantitative estimate of drug-likeness (QED) is 0.530. The van der Waals surface area contributed by atoms with Gasteiger partial charge in [-0.3, -0.25) is 9.59 Å². The molecule has 0 saturated carbocycles. The van der Waals surface area contributed by atoms with Crippen LogP contribution < -0.4 is 15.0 Å². The Labute approximate surface area is 193 Å². The number of anilines is 2. The van der Waals surface area contributed by atoms with Crippen LogP contribution in [0.25, 0.3) is 0 Å². The molecule has 0 aromatic heterocycles. The number of halogens is 1. The molecule has 4 rings (SSSR count). The van der Waals surface area contributed by atoms with Crippen molar-refractivity contribution in [1.82, 2.24) is 0 Å². The van der Waals surface area contributed by atoms with Crippen molar-refractivity contribution in [1.29, 1.82) is 0 Å². The first-order valence-corrected chi connectivity index (χ1v) is 10.6. The second kappa shape index (κ2) is 9.23. The predicted octanol–water partition coefficient (Wildman–Crippen LogP) is 4.41. The molecule has 0 bridgehead atoms. The van der Waals surface area contributed by atoms with Crippen LogP contribution in [0, 0.1) is 0 Å². The van der Waals surface area contributed by atoms with Crippen LogP contribution in [-0.2, 0) is 16.1 Å². The minimum absolute atomic E-state index is 0.0909. The zero-order valence-corrected chi connectivity index (χ0v) is 18.7. The first-order chi connectivity index (χ1) is 15.5. The number of benzene rings is 3. The molecule has 162 valence electrons. The maximum absolute atomic E-state index is 12.7. The molecule has 0 radical (unpaired) electrons. The highest BCUT2D eigenvalue weighted by atomic mass is 79.9. The number of ether oxygens (including phenoxy) is 2. The summed E-state index contributed by atoms with van der Waals surface area (Å²) in [6.45, 7) is 0.147. The molecule has 0 unspecified atom stereocenters. The van der Waals surface area contributed by atoms with Crippen LogP contribution in [0.1, 0.15) is 26.3 Å². The van der Waals surface area contributed by atoms with Gasteiger partial charge in [0.25, 0.3) is 11.8 Å². The first-order valence-electron chi connectivity index (χ1n) is 9.76. The maximum Gasteiger partial charge on any atom is 0.337 e. The van der Waals surface area contributed by atoms with Crippen LogP contribution in [-0.4, -0.2) is 31.5 Å². The molecule has 0 spiro atoms. The Morgan fingerprint density at radius 1 is 1.09 bits per heavy atom. The molecular weight excluding hydrogens is 476 g/mol. The van der Waals surface area contributed by atoms with Gasteiger partial charge in [-0.2, -0.15) is 0 Å². The van der Waals surface area contributed by atoms with Crippen molar-refractivity contribution in [2.45, 2.75) is 6.54 Å². The van der Waals surface area contributed by atoms with E-state index in [2.05, 4.69) is 21.2 Å². The molecule has 2 amide bonds. The summed E-state index contributed by atoms with van der Waals surface area (Å²) in [7, 11) is 1.32. The van der Waals surface area contributed by atoms with Crippen molar-refractivity contribution in [3.05, 3.63) is 87.9 Å². The van der Waals surface area contributed by atoms with Crippen molar-refractivity contribution >= 4 is 45.1 Å². The Morgan fingerprint density at radius 2 is 1.91 bits per heavy atom. The molecule has 32 heavy (non-hydrogen) atoms. The molecule has 1 aliphatic heterocycles. The average Bonchev–Trinajstić information content (AvgIpc) is 2.81. The molecule has 0 fully saturated rings. The number of nitrogens with one attached hydrogen (secondary N) is 1. The third-order valence-corrected chi connectivity index (χ3v) is 5.66. The van der Waals surface area contributed by atoms with Crippen LogP contribution in [0.3, 0.4) is 0 Å². The van der Waals surface area contributed by atoms with E-state index in [9.17, 15) is 14.4 Å². The van der Waals surface area contributed by atoms with E-state index in [1.807, 2.05) is 12.1 Å². The summed E-state index contributed by atoms with van der Waals surface area (Å²) in [5.74, 6) is -0.418. The largest absolute Gasteiger partial charge is 0.482 e. The summed E-state index contributed by atoms with van der Waals surface area (Å²) in [6.07, 6.45) is 0. The molecule has 0 saturated heterocycles. The van der Waals surface area contributed by atoms with E-state index in [4.69, 9.17) is 9.47 Å². The van der Waals surface area contributed by atoms with Gasteiger partial charge in [0.15, 0.2) is 6.61 Å². The van der Waals surface area contributed by atoms with Gasteiger partial charge in [0, 0.05) is 10.2 Å². The van der Waals surface area contributed by atoms with Gasteiger partial charge in [-0.05, 0) is 64.0 Å². The standard InChI is InChI=1S/C24H19BrN2O5/c1-31-24(30)16-6-4-5-15(11-16)13-27-20-12-17(9-10-21(20)32-14-22(27)28)26-23(29)18-7-2-3-8-19(18)25/h2-12H,13-14H2,1H3,(H,26,29). The predicted molar refractivity (Wildman–Crippen MR) is 123 cm³/mol. The average molecular weight is 495 g/mol. The highest BCUT2D eigenvalue weighted by Crippen LogP contribution is 2.36. The monoisotopic (exact) mass is 494 g/mol. The number of fused-ring (bicyclic) bond motifs is 1. The van der Waals surface area contributed by atoms with Crippen LogP contribution in [0.2, 0.25) is 0 Å². The third kappa shape index (κ3) is 4.50. The van der Waals surface area contributed by atoms with E-state index >= 15 is 0 Å². The van der Waals surface area contributed by atoms with Gasteiger partial charge < -0.3 is 19.7 Å². The van der Waals surface area contributed by atoms with Crippen LogP contribution in [0.5, 0.6) is 5.75 Å². The number of amides is 2. The number of hydrogen-bond acceptors (Lipinski definition) is 5. The van der Waals surface area contributed by atoms with Gasteiger partial charge in [0.1, 0.15) is 5.75 Å². The second-order valence-electron chi connectivity index (χ2n) is 7.08. The van der Waals surface area contributed by atoms with E-state index in [1.165, 1.54) is 7.11 Å². The number of carbonyl (C=O) groups excluding carboxylic acids is 3. The molecule has 1 N–H and O–H groups in total. The fourth-order valence-corrected chi connectivity index (χ4v) is 3.86. The molecule has 3 aromatic carbocycles. The topological polar surface area (TPSA) is 84.9 Å². The second-order valence-corrected chi connectivity index (χ2v) is 7.93. The van der Waals surface area contributed by atoms with E-state index in [0.29, 0.717) is 32.7 Å². The SMILES string of the molecule is COC(=O)c1cccc(CN2C(=O)COc3ccc(NC(=O)c4ccccc4Br)cc32)c1. The number of rotatable bonds is 5. The molecular formula is C24H19BrN2O5. The van der Waals surface area contributed by atoms with Crippen molar-refractivity contribution in [2.24, 2.45) is 0 Å². The first kappa shape index (κ1) is 21.6. The minimum Gasteiger partial charge on any atom is -0.482 e. The Hall–Kier alpha value is -3.65. The van der Waals surface area contributed by atoms with Gasteiger partial charge in [0.05, 0.1) is 30.5 Å². The highest BCUT2D eigenvalue weighted by molar-refractivity contribution is 9.10. The summed E-state index contributed by atoms with van der Waals surface area (Å²) in [4.78, 5) is 38.7. The number of esters is 1. The van der Waals surface area contributed by atoms with Gasteiger partial charge in [-0.1, -0.05) is 24.3 Å². The van der Waals surface area contributed by atoms with E-state index < -0.39 is 5.97 Å². The number of nitrogens with zero attached hydrogens (tertiary/aromatic N) is 1. The van der Waals surface area contributed by atoms with Gasteiger partial charge in [-0.25, -0.2) is 4.79 Å². The van der Waals surface area contributed by atoms with Gasteiger partial charge >= 0.3 is 5.97 Å². The Balaban J connectivity index is 1.61.